The maximum absolute atomic E-state index is 5.31. The summed E-state index contributed by atoms with van der Waals surface area (Å²) in [6.07, 6.45) is 4.88. The van der Waals surface area contributed by atoms with Gasteiger partial charge in [-0.3, -0.25) is 9.99 Å². The van der Waals surface area contributed by atoms with Crippen LogP contribution < -0.4 is 16.0 Å². The number of hydrazine groups is 1. The van der Waals surface area contributed by atoms with E-state index < -0.39 is 0 Å². The summed E-state index contributed by atoms with van der Waals surface area (Å²) in [5, 5.41) is 0. The Bertz CT molecular complexity index is 488. The average molecular weight is 251 g/mol. The van der Waals surface area contributed by atoms with Crippen LogP contribution in [0.1, 0.15) is 0 Å². The minimum atomic E-state index is 0.165. The fraction of sp³-hybridized carbons (Fsp3) is 0.333. The number of anilines is 1. The summed E-state index contributed by atoms with van der Waals surface area (Å²) in [6.45, 7) is 0.783. The van der Waals surface area contributed by atoms with E-state index in [4.69, 9.17) is 15.3 Å². The van der Waals surface area contributed by atoms with Gasteiger partial charge >= 0.3 is 6.01 Å². The normalized spacial score (nSPS) is 10.3. The predicted octanol–water partition coefficient (Wildman–Crippen LogP) is -0.632. The Hall–Kier alpha value is -2.26. The zero-order chi connectivity index (χ0) is 12.8. The van der Waals surface area contributed by atoms with Crippen molar-refractivity contribution in [2.75, 3.05) is 25.7 Å². The van der Waals surface area contributed by atoms with Gasteiger partial charge in [0.05, 0.1) is 6.61 Å². The molecule has 0 amide bonds. The van der Waals surface area contributed by atoms with Crippen LogP contribution in [0.15, 0.2) is 18.7 Å². The summed E-state index contributed by atoms with van der Waals surface area (Å²) in [6, 6.07) is 0.165. The van der Waals surface area contributed by atoms with Crippen LogP contribution in [0.5, 0.6) is 6.01 Å². The number of hydrogen-bond donors (Lipinski definition) is 2. The summed E-state index contributed by atoms with van der Waals surface area (Å²) in [5.74, 6) is 5.86. The second-order valence-electron chi connectivity index (χ2n) is 3.20. The molecular formula is C9H13N7O2. The van der Waals surface area contributed by atoms with Crippen LogP contribution in [0.2, 0.25) is 0 Å². The maximum atomic E-state index is 5.31. The van der Waals surface area contributed by atoms with Gasteiger partial charge in [0, 0.05) is 19.5 Å². The monoisotopic (exact) mass is 251 g/mol. The molecule has 0 saturated carbocycles. The Morgan fingerprint density at radius 2 is 2.22 bits per heavy atom. The third kappa shape index (κ3) is 2.90. The molecule has 3 N–H and O–H groups in total. The van der Waals surface area contributed by atoms with E-state index in [-0.39, 0.29) is 12.0 Å². The Labute approximate surface area is 103 Å². The molecule has 0 spiro atoms. The molecule has 0 aromatic carbocycles. The number of imidazole rings is 1. The number of nitrogens with one attached hydrogen (secondary N) is 1. The fourth-order valence-corrected chi connectivity index (χ4v) is 1.18. The number of nitrogen functional groups attached to an aromatic ring is 1. The van der Waals surface area contributed by atoms with Crippen LogP contribution in [-0.4, -0.2) is 44.8 Å². The molecule has 0 aliphatic heterocycles. The van der Waals surface area contributed by atoms with Gasteiger partial charge in [-0.25, -0.2) is 10.8 Å². The number of aromatic nitrogens is 5. The number of nitrogens with zero attached hydrogens (tertiary/aromatic N) is 5. The second-order valence-corrected chi connectivity index (χ2v) is 3.20. The summed E-state index contributed by atoms with van der Waals surface area (Å²) < 4.78 is 11.8. The highest BCUT2D eigenvalue weighted by molar-refractivity contribution is 5.28. The first-order valence-electron chi connectivity index (χ1n) is 5.16. The average Bonchev–Trinajstić information content (AvgIpc) is 2.92. The van der Waals surface area contributed by atoms with E-state index in [2.05, 4.69) is 25.4 Å². The van der Waals surface area contributed by atoms with Crippen LogP contribution >= 0.6 is 0 Å². The third-order valence-electron chi connectivity index (χ3n) is 1.99. The van der Waals surface area contributed by atoms with E-state index in [1.165, 1.54) is 0 Å². The molecule has 0 atom stereocenters. The van der Waals surface area contributed by atoms with Crippen molar-refractivity contribution >= 4 is 5.95 Å². The molecular weight excluding hydrogens is 238 g/mol. The number of nitrogens with two attached hydrogens (primary N) is 1. The number of ether oxygens (including phenoxy) is 2. The Kier molecular flexibility index (Phi) is 3.99. The van der Waals surface area contributed by atoms with Gasteiger partial charge in [-0.15, -0.1) is 0 Å². The van der Waals surface area contributed by atoms with E-state index in [0.29, 0.717) is 19.2 Å². The van der Waals surface area contributed by atoms with Gasteiger partial charge in [-0.05, 0) is 0 Å². The Balaban J connectivity index is 2.22. The predicted molar refractivity (Wildman–Crippen MR) is 62.1 cm³/mol. The number of hydrogen-bond acceptors (Lipinski definition) is 8. The van der Waals surface area contributed by atoms with Crippen molar-refractivity contribution in [2.24, 2.45) is 5.84 Å². The Morgan fingerprint density at radius 3 is 2.89 bits per heavy atom. The lowest BCUT2D eigenvalue weighted by Gasteiger charge is -2.07. The highest BCUT2D eigenvalue weighted by Crippen LogP contribution is 2.09. The summed E-state index contributed by atoms with van der Waals surface area (Å²) >= 11 is 0. The SMILES string of the molecule is COCCOc1nc(NN)nc(-n2ccnc2)n1. The molecule has 2 heterocycles. The number of rotatable bonds is 6. The van der Waals surface area contributed by atoms with Crippen molar-refractivity contribution in [3.05, 3.63) is 18.7 Å². The van der Waals surface area contributed by atoms with Gasteiger partial charge in [0.15, 0.2) is 0 Å². The fourth-order valence-electron chi connectivity index (χ4n) is 1.18. The first-order valence-corrected chi connectivity index (χ1v) is 5.16. The lowest BCUT2D eigenvalue weighted by molar-refractivity contribution is 0.140. The third-order valence-corrected chi connectivity index (χ3v) is 1.99. The molecule has 18 heavy (non-hydrogen) atoms. The highest BCUT2D eigenvalue weighted by Gasteiger charge is 2.08. The lowest BCUT2D eigenvalue weighted by atomic mass is 10.7. The van der Waals surface area contributed by atoms with Crippen LogP contribution in [0.4, 0.5) is 5.95 Å². The standard InChI is InChI=1S/C9H13N7O2/c1-17-4-5-18-9-13-7(15-10)12-8(14-9)16-3-2-11-6-16/h2-3,6H,4-5,10H2,1H3,(H,12,13,14,15). The van der Waals surface area contributed by atoms with Crippen molar-refractivity contribution in [2.45, 2.75) is 0 Å². The molecule has 96 valence electrons. The molecule has 2 aromatic heterocycles. The second kappa shape index (κ2) is 5.89. The molecule has 0 fully saturated rings. The van der Waals surface area contributed by atoms with Gasteiger partial charge in [-0.1, -0.05) is 0 Å². The molecule has 9 heteroatoms. The van der Waals surface area contributed by atoms with Crippen molar-refractivity contribution in [1.29, 1.82) is 0 Å². The molecule has 2 rings (SSSR count). The lowest BCUT2D eigenvalue weighted by Crippen LogP contribution is -2.15. The van der Waals surface area contributed by atoms with Crippen LogP contribution in [0.25, 0.3) is 5.95 Å². The summed E-state index contributed by atoms with van der Waals surface area (Å²) in [5.41, 5.74) is 2.35. The van der Waals surface area contributed by atoms with Crippen LogP contribution in [0.3, 0.4) is 0 Å². The topological polar surface area (TPSA) is 113 Å². The summed E-state index contributed by atoms with van der Waals surface area (Å²) in [4.78, 5) is 16.1. The Morgan fingerprint density at radius 1 is 1.33 bits per heavy atom. The van der Waals surface area contributed by atoms with Gasteiger partial charge in [0.25, 0.3) is 0 Å². The zero-order valence-electron chi connectivity index (χ0n) is 9.78. The zero-order valence-corrected chi connectivity index (χ0v) is 9.78. The van der Waals surface area contributed by atoms with E-state index in [0.717, 1.165) is 0 Å². The minimum Gasteiger partial charge on any atom is -0.461 e. The van der Waals surface area contributed by atoms with Crippen molar-refractivity contribution in [3.8, 4) is 12.0 Å². The van der Waals surface area contributed by atoms with E-state index in [1.54, 1.807) is 30.4 Å². The van der Waals surface area contributed by atoms with Crippen LogP contribution in [0, 0.1) is 0 Å². The van der Waals surface area contributed by atoms with Gasteiger partial charge in [0.1, 0.15) is 12.9 Å². The van der Waals surface area contributed by atoms with E-state index in [1.807, 2.05) is 0 Å². The van der Waals surface area contributed by atoms with Crippen molar-refractivity contribution in [1.82, 2.24) is 24.5 Å². The minimum absolute atomic E-state index is 0.165. The molecule has 0 aliphatic rings. The highest BCUT2D eigenvalue weighted by atomic mass is 16.5. The first kappa shape index (κ1) is 12.2. The van der Waals surface area contributed by atoms with E-state index >= 15 is 0 Å². The molecule has 2 aromatic rings. The first-order chi connectivity index (χ1) is 8.83. The molecule has 0 unspecified atom stereocenters. The van der Waals surface area contributed by atoms with Gasteiger partial charge in [0.2, 0.25) is 11.9 Å². The molecule has 9 nitrogen and oxygen atoms in total. The van der Waals surface area contributed by atoms with Gasteiger partial charge in [-0.2, -0.15) is 15.0 Å². The summed E-state index contributed by atoms with van der Waals surface area (Å²) in [7, 11) is 1.58. The molecule has 0 saturated heterocycles. The molecule has 0 aliphatic carbocycles. The van der Waals surface area contributed by atoms with Crippen LogP contribution in [-0.2, 0) is 4.74 Å². The largest absolute Gasteiger partial charge is 0.461 e. The molecule has 0 radical (unpaired) electrons. The van der Waals surface area contributed by atoms with Gasteiger partial charge < -0.3 is 9.47 Å². The smallest absolute Gasteiger partial charge is 0.323 e. The van der Waals surface area contributed by atoms with Crippen molar-refractivity contribution in [3.63, 3.8) is 0 Å². The molecule has 0 bridgehead atoms. The van der Waals surface area contributed by atoms with Crippen molar-refractivity contribution < 1.29 is 9.47 Å². The van der Waals surface area contributed by atoms with E-state index in [9.17, 15) is 0 Å². The number of methoxy groups -OCH3 is 1. The maximum Gasteiger partial charge on any atom is 0.323 e. The quantitative estimate of drug-likeness (QED) is 0.396.